The number of nitriles is 1. The minimum absolute atomic E-state index is 0.0380. The number of carbonyl (C=O) groups excluding carboxylic acids is 1. The number of ketones is 1. The number of Topliss-reactive ketones (excluding diaryl/α,β-unsaturated/α-hetero) is 1. The van der Waals surface area contributed by atoms with Gasteiger partial charge in [0.05, 0.1) is 23.0 Å². The number of hydrogen-bond acceptors (Lipinski definition) is 7. The molecule has 0 bridgehead atoms. The summed E-state index contributed by atoms with van der Waals surface area (Å²) in [6, 6.07) is 10.6. The number of aromatic nitrogens is 1. The predicted octanol–water partition coefficient (Wildman–Crippen LogP) is 6.26. The molecule has 0 radical (unpaired) electrons. The topological polar surface area (TPSA) is 104 Å². The van der Waals surface area contributed by atoms with Crippen LogP contribution < -0.4 is 4.90 Å². The first kappa shape index (κ1) is 27.5. The van der Waals surface area contributed by atoms with Gasteiger partial charge in [-0.1, -0.05) is 52.7 Å². The number of nitrogens with zero attached hydrogens (tertiary/aromatic N) is 3. The molecule has 6 rings (SSSR count). The van der Waals surface area contributed by atoms with Crippen molar-refractivity contribution >= 4 is 21.3 Å². The molecule has 2 aromatic rings. The second-order valence-electron chi connectivity index (χ2n) is 13.9. The fourth-order valence-corrected chi connectivity index (χ4v) is 8.52. The Morgan fingerprint density at radius 1 is 1.05 bits per heavy atom. The van der Waals surface area contributed by atoms with Gasteiger partial charge in [-0.25, -0.2) is 13.4 Å². The highest BCUT2D eigenvalue weighted by Crippen LogP contribution is 2.73. The van der Waals surface area contributed by atoms with Gasteiger partial charge in [-0.3, -0.25) is 4.79 Å². The Bertz CT molecular complexity index is 1430. The number of rotatable bonds is 7. The Labute approximate surface area is 238 Å². The Morgan fingerprint density at radius 3 is 2.25 bits per heavy atom. The molecule has 0 unspecified atom stereocenters. The molecule has 8 heteroatoms. The molecule has 4 aliphatic rings. The van der Waals surface area contributed by atoms with Crippen LogP contribution in [0.25, 0.3) is 11.3 Å². The van der Waals surface area contributed by atoms with Gasteiger partial charge in [0, 0.05) is 48.5 Å². The van der Waals surface area contributed by atoms with E-state index in [1.54, 1.807) is 0 Å². The molecule has 2 atom stereocenters. The molecule has 1 aromatic carbocycles. The SMILES string of the molecule is CC1(C)C(c2nc(-c3ccc(N4CCS(=O)(=O)CC4)cc3)c([C@@H]3CCCC[C@H]3C(=O)CC3(C#N)CC3)o2)C1(C)C. The highest BCUT2D eigenvalue weighted by Gasteiger charge is 2.67. The molecular weight excluding hydrogens is 522 g/mol. The van der Waals surface area contributed by atoms with Gasteiger partial charge in [0.2, 0.25) is 0 Å². The van der Waals surface area contributed by atoms with Gasteiger partial charge in [-0.2, -0.15) is 5.26 Å². The van der Waals surface area contributed by atoms with E-state index in [1.807, 2.05) is 12.1 Å². The molecule has 7 nitrogen and oxygen atoms in total. The van der Waals surface area contributed by atoms with Crippen LogP contribution in [0, 0.1) is 33.5 Å². The smallest absolute Gasteiger partial charge is 0.199 e. The molecular formula is C32H41N3O4S. The zero-order valence-corrected chi connectivity index (χ0v) is 25.0. The first-order valence-electron chi connectivity index (χ1n) is 14.9. The predicted molar refractivity (Wildman–Crippen MR) is 155 cm³/mol. The van der Waals surface area contributed by atoms with Gasteiger partial charge < -0.3 is 9.32 Å². The van der Waals surface area contributed by atoms with E-state index < -0.39 is 15.3 Å². The van der Waals surface area contributed by atoms with Crippen molar-refractivity contribution < 1.29 is 17.6 Å². The van der Waals surface area contributed by atoms with E-state index >= 15 is 0 Å². The Balaban J connectivity index is 1.34. The number of oxazole rings is 1. The zero-order valence-electron chi connectivity index (χ0n) is 24.2. The lowest BCUT2D eigenvalue weighted by molar-refractivity contribution is -0.125. The number of sulfone groups is 1. The van der Waals surface area contributed by atoms with E-state index in [0.717, 1.165) is 67.1 Å². The average molecular weight is 564 g/mol. The van der Waals surface area contributed by atoms with Crippen LogP contribution >= 0.6 is 0 Å². The minimum Gasteiger partial charge on any atom is -0.444 e. The lowest BCUT2D eigenvalue weighted by atomic mass is 9.73. The van der Waals surface area contributed by atoms with Crippen molar-refractivity contribution in [3.8, 4) is 17.3 Å². The summed E-state index contributed by atoms with van der Waals surface area (Å²) in [5.41, 5.74) is 2.48. The van der Waals surface area contributed by atoms with Crippen LogP contribution in [0.4, 0.5) is 5.69 Å². The summed E-state index contributed by atoms with van der Waals surface area (Å²) < 4.78 is 30.5. The maximum absolute atomic E-state index is 13.6. The Hall–Kier alpha value is -2.66. The third-order valence-electron chi connectivity index (χ3n) is 10.9. The summed E-state index contributed by atoms with van der Waals surface area (Å²) in [6.07, 6.45) is 5.78. The van der Waals surface area contributed by atoms with Crippen molar-refractivity contribution in [2.75, 3.05) is 29.5 Å². The Morgan fingerprint density at radius 2 is 1.68 bits per heavy atom. The van der Waals surface area contributed by atoms with E-state index in [9.17, 15) is 18.5 Å². The number of benzene rings is 1. The zero-order chi connectivity index (χ0) is 28.5. The van der Waals surface area contributed by atoms with Gasteiger partial charge in [0.15, 0.2) is 15.7 Å². The van der Waals surface area contributed by atoms with Crippen molar-refractivity contribution in [3.63, 3.8) is 0 Å². The number of anilines is 1. The van der Waals surface area contributed by atoms with Crippen LogP contribution in [-0.4, -0.2) is 43.8 Å². The molecule has 40 heavy (non-hydrogen) atoms. The van der Waals surface area contributed by atoms with Crippen LogP contribution in [0.3, 0.4) is 0 Å². The molecule has 1 aliphatic heterocycles. The minimum atomic E-state index is -2.94. The lowest BCUT2D eigenvalue weighted by Gasteiger charge is -2.30. The maximum atomic E-state index is 13.6. The van der Waals surface area contributed by atoms with Gasteiger partial charge in [0.25, 0.3) is 0 Å². The fraction of sp³-hybridized carbons (Fsp3) is 0.656. The van der Waals surface area contributed by atoms with Crippen LogP contribution in [0.5, 0.6) is 0 Å². The van der Waals surface area contributed by atoms with Crippen LogP contribution in [-0.2, 0) is 14.6 Å². The van der Waals surface area contributed by atoms with Gasteiger partial charge in [0.1, 0.15) is 17.2 Å². The van der Waals surface area contributed by atoms with E-state index in [4.69, 9.17) is 9.40 Å². The number of hydrogen-bond donors (Lipinski definition) is 0. The Kier molecular flexibility index (Phi) is 6.49. The molecule has 1 aromatic heterocycles. The van der Waals surface area contributed by atoms with E-state index in [-0.39, 0.29) is 45.9 Å². The summed E-state index contributed by atoms with van der Waals surface area (Å²) in [4.78, 5) is 20.9. The first-order chi connectivity index (χ1) is 18.9. The summed E-state index contributed by atoms with van der Waals surface area (Å²) in [5, 5.41) is 9.63. The van der Waals surface area contributed by atoms with Gasteiger partial charge in [-0.05, 0) is 48.6 Å². The monoisotopic (exact) mass is 563 g/mol. The normalized spacial score (nSPS) is 28.0. The maximum Gasteiger partial charge on any atom is 0.199 e. The quantitative estimate of drug-likeness (QED) is 0.391. The highest BCUT2D eigenvalue weighted by atomic mass is 32.2. The summed E-state index contributed by atoms with van der Waals surface area (Å²) in [6.45, 7) is 10.1. The van der Waals surface area contributed by atoms with Gasteiger partial charge >= 0.3 is 0 Å². The lowest BCUT2D eigenvalue weighted by Crippen LogP contribution is -2.40. The molecule has 1 saturated heterocycles. The van der Waals surface area contributed by atoms with Crippen LogP contribution in [0.2, 0.25) is 0 Å². The standard InChI is InChI=1S/C32H41N3O4S/c1-30(2)28(31(30,3)4)29-34-26(21-9-11-22(12-10-21)35-15-17-40(37,38)18-16-35)27(39-29)24-8-6-5-7-23(24)25(36)19-32(20-33)13-14-32/h9-12,23-24,28H,5-8,13-19H2,1-4H3/t23-,24-/m1/s1. The molecule has 3 saturated carbocycles. The largest absolute Gasteiger partial charge is 0.444 e. The van der Waals surface area contributed by atoms with E-state index in [2.05, 4.69) is 50.8 Å². The second kappa shape index (κ2) is 9.44. The highest BCUT2D eigenvalue weighted by molar-refractivity contribution is 7.91. The van der Waals surface area contributed by atoms with Crippen molar-refractivity contribution in [3.05, 3.63) is 35.9 Å². The summed E-state index contributed by atoms with van der Waals surface area (Å²) >= 11 is 0. The number of carbonyl (C=O) groups is 1. The van der Waals surface area contributed by atoms with E-state index in [0.29, 0.717) is 19.5 Å². The van der Waals surface area contributed by atoms with Gasteiger partial charge in [-0.15, -0.1) is 0 Å². The second-order valence-corrected chi connectivity index (χ2v) is 16.2. The average Bonchev–Trinajstić information content (AvgIpc) is 3.69. The molecule has 4 fully saturated rings. The molecule has 0 amide bonds. The van der Waals surface area contributed by atoms with Crippen molar-refractivity contribution in [2.24, 2.45) is 22.2 Å². The van der Waals surface area contributed by atoms with Crippen molar-refractivity contribution in [1.82, 2.24) is 4.98 Å². The molecule has 214 valence electrons. The van der Waals surface area contributed by atoms with E-state index in [1.165, 1.54) is 0 Å². The molecule has 2 heterocycles. The van der Waals surface area contributed by atoms with Crippen LogP contribution in [0.15, 0.2) is 28.7 Å². The third kappa shape index (κ3) is 4.68. The molecule has 0 N–H and O–H groups in total. The summed E-state index contributed by atoms with van der Waals surface area (Å²) in [7, 11) is -2.94. The van der Waals surface area contributed by atoms with Crippen LogP contribution in [0.1, 0.15) is 96.1 Å². The summed E-state index contributed by atoms with van der Waals surface area (Å²) in [5.74, 6) is 2.18. The van der Waals surface area contributed by atoms with Crippen molar-refractivity contribution in [2.45, 2.75) is 84.5 Å². The first-order valence-corrected chi connectivity index (χ1v) is 16.7. The third-order valence-corrected chi connectivity index (χ3v) is 12.5. The fourth-order valence-electron chi connectivity index (χ4n) is 7.32. The molecule has 0 spiro atoms. The molecule has 3 aliphatic carbocycles. The van der Waals surface area contributed by atoms with Crippen molar-refractivity contribution in [1.29, 1.82) is 5.26 Å².